The maximum Gasteiger partial charge on any atom is 0.207 e. The third-order valence-electron chi connectivity index (χ3n) is 3.53. The summed E-state index contributed by atoms with van der Waals surface area (Å²) in [6.07, 6.45) is -1.09. The molecule has 2 unspecified atom stereocenters. The van der Waals surface area contributed by atoms with Gasteiger partial charge in [-0.15, -0.1) is 12.4 Å². The highest BCUT2D eigenvalue weighted by molar-refractivity contribution is 7.57. The van der Waals surface area contributed by atoms with Gasteiger partial charge in [0.1, 0.15) is 0 Å². The van der Waals surface area contributed by atoms with Crippen LogP contribution in [0.4, 0.5) is 0 Å². The second-order valence-electron chi connectivity index (χ2n) is 5.85. The molecule has 0 aliphatic rings. The molecule has 0 heterocycles. The SMILES string of the molecule is Cl.O=P(O)(Cc1ccc(Cl)cc1)CC(O)CNCc1ccc(Cl)c(Cl)c1. The summed E-state index contributed by atoms with van der Waals surface area (Å²) in [5.41, 5.74) is 1.63. The van der Waals surface area contributed by atoms with E-state index in [4.69, 9.17) is 34.8 Å². The first-order valence-electron chi connectivity index (χ1n) is 7.63. The molecule has 144 valence electrons. The fourth-order valence-electron chi connectivity index (χ4n) is 2.37. The Bertz CT molecular complexity index is 758. The molecular formula is C17H20Cl4NO3P. The number of aliphatic hydroxyl groups is 1. The Morgan fingerprint density at radius 1 is 1.00 bits per heavy atom. The van der Waals surface area contributed by atoms with E-state index in [0.717, 1.165) is 5.56 Å². The average molecular weight is 459 g/mol. The molecule has 3 N–H and O–H groups in total. The van der Waals surface area contributed by atoms with E-state index in [-0.39, 0.29) is 31.3 Å². The number of hydrogen-bond acceptors (Lipinski definition) is 3. The van der Waals surface area contributed by atoms with E-state index in [1.54, 1.807) is 36.4 Å². The lowest BCUT2D eigenvalue weighted by atomic mass is 10.2. The molecule has 0 saturated heterocycles. The number of halogens is 4. The Hall–Kier alpha value is -0.290. The zero-order chi connectivity index (χ0) is 18.4. The Labute approximate surface area is 174 Å². The average Bonchev–Trinajstić information content (AvgIpc) is 2.52. The van der Waals surface area contributed by atoms with Crippen LogP contribution in [0.2, 0.25) is 15.1 Å². The second-order valence-corrected chi connectivity index (χ2v) is 9.47. The van der Waals surface area contributed by atoms with E-state index in [9.17, 15) is 14.6 Å². The molecule has 2 aromatic carbocycles. The molecule has 2 atom stereocenters. The lowest BCUT2D eigenvalue weighted by Crippen LogP contribution is -2.29. The molecule has 0 aliphatic heterocycles. The first-order valence-corrected chi connectivity index (χ1v) is 10.8. The van der Waals surface area contributed by atoms with Gasteiger partial charge in [-0.05, 0) is 35.4 Å². The van der Waals surface area contributed by atoms with Crippen molar-refractivity contribution in [2.75, 3.05) is 12.7 Å². The van der Waals surface area contributed by atoms with Gasteiger partial charge in [-0.2, -0.15) is 0 Å². The van der Waals surface area contributed by atoms with Crippen molar-refractivity contribution < 1.29 is 14.6 Å². The van der Waals surface area contributed by atoms with Crippen LogP contribution >= 0.6 is 54.6 Å². The fraction of sp³-hybridized carbons (Fsp3) is 0.294. The van der Waals surface area contributed by atoms with Crippen molar-refractivity contribution in [1.82, 2.24) is 5.32 Å². The number of hydrogen-bond donors (Lipinski definition) is 3. The molecule has 0 saturated carbocycles. The summed E-state index contributed by atoms with van der Waals surface area (Å²) in [5.74, 6) is 0. The Kier molecular flexibility index (Phi) is 9.95. The molecule has 2 aromatic rings. The first kappa shape index (κ1) is 23.7. The summed E-state index contributed by atoms with van der Waals surface area (Å²) in [6, 6.07) is 12.0. The van der Waals surface area contributed by atoms with E-state index < -0.39 is 13.5 Å². The van der Waals surface area contributed by atoms with Crippen LogP contribution in [-0.4, -0.2) is 28.8 Å². The van der Waals surface area contributed by atoms with E-state index in [2.05, 4.69) is 5.32 Å². The van der Waals surface area contributed by atoms with Crippen LogP contribution in [0, 0.1) is 0 Å². The zero-order valence-corrected chi connectivity index (χ0v) is 17.7. The molecule has 2 rings (SSSR count). The molecule has 0 radical (unpaired) electrons. The predicted molar refractivity (Wildman–Crippen MR) is 111 cm³/mol. The zero-order valence-electron chi connectivity index (χ0n) is 13.7. The highest BCUT2D eigenvalue weighted by atomic mass is 35.5. The van der Waals surface area contributed by atoms with Crippen LogP contribution in [-0.2, 0) is 17.3 Å². The number of benzene rings is 2. The highest BCUT2D eigenvalue weighted by Gasteiger charge is 2.23. The van der Waals surface area contributed by atoms with E-state index in [0.29, 0.717) is 27.2 Å². The monoisotopic (exact) mass is 457 g/mol. The fourth-order valence-corrected chi connectivity index (χ4v) is 4.51. The van der Waals surface area contributed by atoms with Crippen LogP contribution in [0.5, 0.6) is 0 Å². The van der Waals surface area contributed by atoms with Crippen molar-refractivity contribution in [1.29, 1.82) is 0 Å². The topological polar surface area (TPSA) is 69.6 Å². The molecule has 9 heteroatoms. The van der Waals surface area contributed by atoms with Crippen molar-refractivity contribution in [2.45, 2.75) is 18.8 Å². The molecule has 0 bridgehead atoms. The third kappa shape index (κ3) is 8.16. The summed E-state index contributed by atoms with van der Waals surface area (Å²) < 4.78 is 12.3. The van der Waals surface area contributed by atoms with Crippen molar-refractivity contribution in [3.63, 3.8) is 0 Å². The summed E-state index contributed by atoms with van der Waals surface area (Å²) in [5, 5.41) is 14.6. The van der Waals surface area contributed by atoms with Crippen molar-refractivity contribution >= 4 is 54.6 Å². The molecule has 0 fully saturated rings. The number of aliphatic hydroxyl groups excluding tert-OH is 1. The van der Waals surface area contributed by atoms with Gasteiger partial charge in [-0.1, -0.05) is 53.0 Å². The highest BCUT2D eigenvalue weighted by Crippen LogP contribution is 2.45. The molecule has 0 aliphatic carbocycles. The van der Waals surface area contributed by atoms with Crippen molar-refractivity contribution in [2.24, 2.45) is 0 Å². The van der Waals surface area contributed by atoms with Gasteiger partial charge in [0.15, 0.2) is 0 Å². The van der Waals surface area contributed by atoms with Gasteiger partial charge in [-0.25, -0.2) is 0 Å². The maximum absolute atomic E-state index is 12.3. The largest absolute Gasteiger partial charge is 0.391 e. The third-order valence-corrected chi connectivity index (χ3v) is 6.37. The summed E-state index contributed by atoms with van der Waals surface area (Å²) in [6.45, 7) is 0.673. The van der Waals surface area contributed by atoms with Crippen LogP contribution < -0.4 is 5.32 Å². The van der Waals surface area contributed by atoms with Gasteiger partial charge >= 0.3 is 0 Å². The quantitative estimate of drug-likeness (QED) is 0.487. The van der Waals surface area contributed by atoms with Gasteiger partial charge in [-0.3, -0.25) is 4.57 Å². The maximum atomic E-state index is 12.3. The van der Waals surface area contributed by atoms with Gasteiger partial charge in [0.2, 0.25) is 7.37 Å². The second kappa shape index (κ2) is 10.9. The van der Waals surface area contributed by atoms with Crippen molar-refractivity contribution in [3.05, 3.63) is 68.7 Å². The van der Waals surface area contributed by atoms with Gasteiger partial charge in [0.25, 0.3) is 0 Å². The summed E-state index contributed by atoms with van der Waals surface area (Å²) in [7, 11) is -3.48. The molecule has 26 heavy (non-hydrogen) atoms. The Balaban J connectivity index is 0.00000338. The molecular weight excluding hydrogens is 439 g/mol. The molecule has 0 aromatic heterocycles. The van der Waals surface area contributed by atoms with Crippen LogP contribution in [0.1, 0.15) is 11.1 Å². The van der Waals surface area contributed by atoms with Crippen LogP contribution in [0.15, 0.2) is 42.5 Å². The van der Waals surface area contributed by atoms with Crippen LogP contribution in [0.25, 0.3) is 0 Å². The van der Waals surface area contributed by atoms with Gasteiger partial charge in [0.05, 0.1) is 22.3 Å². The molecule has 4 nitrogen and oxygen atoms in total. The predicted octanol–water partition coefficient (Wildman–Crippen LogP) is 4.99. The minimum Gasteiger partial charge on any atom is -0.391 e. The summed E-state index contributed by atoms with van der Waals surface area (Å²) in [4.78, 5) is 10.1. The van der Waals surface area contributed by atoms with Gasteiger partial charge < -0.3 is 15.3 Å². The smallest absolute Gasteiger partial charge is 0.207 e. The van der Waals surface area contributed by atoms with E-state index in [1.165, 1.54) is 0 Å². The lowest BCUT2D eigenvalue weighted by molar-refractivity contribution is 0.190. The standard InChI is InChI=1S/C17H19Cl3NO3P.ClH/c18-14-4-1-12(2-5-14)10-25(23,24)11-15(22)9-21-8-13-3-6-16(19)17(20)7-13;/h1-7,15,21-22H,8-11H2,(H,23,24);1H. The first-order chi connectivity index (χ1) is 11.7. The minimum atomic E-state index is -3.48. The van der Waals surface area contributed by atoms with Crippen molar-refractivity contribution in [3.8, 4) is 0 Å². The summed E-state index contributed by atoms with van der Waals surface area (Å²) >= 11 is 17.6. The number of nitrogens with one attached hydrogen (secondary N) is 1. The molecule has 0 amide bonds. The Morgan fingerprint density at radius 2 is 1.62 bits per heavy atom. The normalized spacial score (nSPS) is 14.3. The Morgan fingerprint density at radius 3 is 2.23 bits per heavy atom. The van der Waals surface area contributed by atoms with Crippen LogP contribution in [0.3, 0.4) is 0 Å². The van der Waals surface area contributed by atoms with Gasteiger partial charge in [0, 0.05) is 24.3 Å². The lowest BCUT2D eigenvalue weighted by Gasteiger charge is -2.17. The molecule has 0 spiro atoms. The van der Waals surface area contributed by atoms with E-state index >= 15 is 0 Å². The number of rotatable bonds is 8. The minimum absolute atomic E-state index is 0. The van der Waals surface area contributed by atoms with E-state index in [1.807, 2.05) is 6.07 Å².